The highest BCUT2D eigenvalue weighted by Crippen LogP contribution is 2.32. The topological polar surface area (TPSA) is 186 Å². The third-order valence-corrected chi connectivity index (χ3v) is 8.36. The molecule has 280 valence electrons. The maximum atomic E-state index is 11.8. The van der Waals surface area contributed by atoms with Gasteiger partial charge in [-0.1, -0.05) is 78.1 Å². The molecule has 0 unspecified atom stereocenters. The molecule has 0 aliphatic carbocycles. The highest BCUT2D eigenvalue weighted by atomic mass is 16.7. The van der Waals surface area contributed by atoms with Crippen LogP contribution in [-0.2, 0) is 52.3 Å². The van der Waals surface area contributed by atoms with Crippen LogP contribution in [0.1, 0.15) is 112 Å². The van der Waals surface area contributed by atoms with E-state index in [2.05, 4.69) is 13.8 Å². The van der Waals surface area contributed by atoms with Gasteiger partial charge < -0.3 is 53.2 Å². The summed E-state index contributed by atoms with van der Waals surface area (Å²) in [6.07, 6.45) is -0.811. The summed E-state index contributed by atoms with van der Waals surface area (Å²) in [5.74, 6) is -1.98. The van der Waals surface area contributed by atoms with Crippen LogP contribution in [0.5, 0.6) is 0 Å². The van der Waals surface area contributed by atoms with E-state index in [1.807, 2.05) is 0 Å². The normalized spacial score (nSPS) is 30.5. The van der Waals surface area contributed by atoms with Crippen molar-refractivity contribution in [3.8, 4) is 0 Å². The summed E-state index contributed by atoms with van der Waals surface area (Å²) in [7, 11) is 0. The molecule has 0 bridgehead atoms. The third-order valence-electron chi connectivity index (χ3n) is 8.36. The van der Waals surface area contributed by atoms with Gasteiger partial charge in [0.15, 0.2) is 18.7 Å². The van der Waals surface area contributed by atoms with Gasteiger partial charge in [0.2, 0.25) is 0 Å². The second-order valence-corrected chi connectivity index (χ2v) is 12.6. The molecule has 48 heavy (non-hydrogen) atoms. The fourth-order valence-corrected chi connectivity index (χ4v) is 5.82. The van der Waals surface area contributed by atoms with Crippen LogP contribution in [0.2, 0.25) is 0 Å². The minimum Gasteiger partial charge on any atom is -0.463 e. The van der Waals surface area contributed by atoms with Crippen LogP contribution >= 0.6 is 0 Å². The number of carbonyl (C=O) groups excluding carboxylic acids is 3. The molecule has 2 fully saturated rings. The first kappa shape index (κ1) is 42.3. The molecular weight excluding hydrogens is 632 g/mol. The maximum absolute atomic E-state index is 11.8. The minimum atomic E-state index is -1.76. The lowest BCUT2D eigenvalue weighted by molar-refractivity contribution is -0.360. The summed E-state index contributed by atoms with van der Waals surface area (Å²) in [4.78, 5) is 35.1. The van der Waals surface area contributed by atoms with E-state index < -0.39 is 85.9 Å². The fourth-order valence-electron chi connectivity index (χ4n) is 5.82. The molecule has 0 amide bonds. The molecular formula is C34H60O14. The van der Waals surface area contributed by atoms with Crippen LogP contribution in [0, 0.1) is 0 Å². The Hall–Kier alpha value is -1.91. The largest absolute Gasteiger partial charge is 0.463 e. The summed E-state index contributed by atoms with van der Waals surface area (Å²) in [5.41, 5.74) is 0. The number of ether oxygens (including phenoxy) is 8. The number of carbonyl (C=O) groups is 3. The predicted octanol–water partition coefficient (Wildman–Crippen LogP) is 3.08. The molecule has 0 aromatic rings. The molecule has 0 spiro atoms. The van der Waals surface area contributed by atoms with Gasteiger partial charge >= 0.3 is 17.9 Å². The van der Waals surface area contributed by atoms with Crippen molar-refractivity contribution in [2.45, 2.75) is 173 Å². The van der Waals surface area contributed by atoms with Crippen molar-refractivity contribution < 1.29 is 67.6 Å². The van der Waals surface area contributed by atoms with E-state index in [-0.39, 0.29) is 6.61 Å². The Labute approximate surface area is 285 Å². The Morgan fingerprint density at radius 1 is 0.562 bits per heavy atom. The van der Waals surface area contributed by atoms with E-state index in [9.17, 15) is 29.7 Å². The molecule has 3 N–H and O–H groups in total. The highest BCUT2D eigenvalue weighted by Gasteiger charge is 2.53. The van der Waals surface area contributed by atoms with Gasteiger partial charge in [-0.25, -0.2) is 0 Å². The Morgan fingerprint density at radius 3 is 1.54 bits per heavy atom. The molecule has 2 aliphatic rings. The van der Waals surface area contributed by atoms with Gasteiger partial charge in [0.1, 0.15) is 55.9 Å². The molecule has 2 saturated heterocycles. The molecule has 14 nitrogen and oxygen atoms in total. The second-order valence-electron chi connectivity index (χ2n) is 12.6. The molecule has 10 atom stereocenters. The monoisotopic (exact) mass is 692 g/mol. The van der Waals surface area contributed by atoms with E-state index in [1.165, 1.54) is 20.3 Å². The Kier molecular flexibility index (Phi) is 20.7. The van der Waals surface area contributed by atoms with Gasteiger partial charge in [-0.2, -0.15) is 0 Å². The van der Waals surface area contributed by atoms with Crippen molar-refractivity contribution in [2.75, 3.05) is 26.4 Å². The van der Waals surface area contributed by atoms with Gasteiger partial charge in [0.25, 0.3) is 0 Å². The first-order chi connectivity index (χ1) is 23.0. The quantitative estimate of drug-likeness (QED) is 0.0806. The van der Waals surface area contributed by atoms with Crippen LogP contribution in [-0.4, -0.2) is 121 Å². The van der Waals surface area contributed by atoms with Gasteiger partial charge in [-0.05, 0) is 12.8 Å². The van der Waals surface area contributed by atoms with Gasteiger partial charge in [0.05, 0.1) is 0 Å². The number of aliphatic hydroxyl groups is 3. The second kappa shape index (κ2) is 23.5. The van der Waals surface area contributed by atoms with Crippen molar-refractivity contribution >= 4 is 17.9 Å². The maximum Gasteiger partial charge on any atom is 0.303 e. The summed E-state index contributed by atoms with van der Waals surface area (Å²) < 4.78 is 45.8. The zero-order valence-electron chi connectivity index (χ0n) is 29.4. The van der Waals surface area contributed by atoms with E-state index >= 15 is 0 Å². The van der Waals surface area contributed by atoms with Crippen LogP contribution in [0.15, 0.2) is 0 Å². The van der Waals surface area contributed by atoms with E-state index in [1.54, 1.807) is 0 Å². The lowest BCUT2D eigenvalue weighted by Crippen LogP contribution is -2.65. The van der Waals surface area contributed by atoms with Crippen LogP contribution < -0.4 is 0 Å². The summed E-state index contributed by atoms with van der Waals surface area (Å²) in [5, 5.41) is 33.3. The van der Waals surface area contributed by atoms with Crippen molar-refractivity contribution in [3.05, 3.63) is 0 Å². The molecule has 2 rings (SSSR count). The van der Waals surface area contributed by atoms with Crippen LogP contribution in [0.25, 0.3) is 0 Å². The van der Waals surface area contributed by atoms with Gasteiger partial charge in [-0.3, -0.25) is 14.4 Å². The molecule has 0 radical (unpaired) electrons. The van der Waals surface area contributed by atoms with E-state index in [0.29, 0.717) is 13.2 Å². The number of esters is 3. The first-order valence-electron chi connectivity index (χ1n) is 17.7. The van der Waals surface area contributed by atoms with Crippen molar-refractivity contribution in [2.24, 2.45) is 0 Å². The smallest absolute Gasteiger partial charge is 0.303 e. The Bertz CT molecular complexity index is 916. The Morgan fingerprint density at radius 2 is 1.04 bits per heavy atom. The number of unbranched alkanes of at least 4 members (excludes halogenated alkanes) is 10. The van der Waals surface area contributed by atoms with Gasteiger partial charge in [0, 0.05) is 34.0 Å². The van der Waals surface area contributed by atoms with Crippen LogP contribution in [0.3, 0.4) is 0 Å². The van der Waals surface area contributed by atoms with Gasteiger partial charge in [-0.15, -0.1) is 0 Å². The Balaban J connectivity index is 2.29. The average molecular weight is 693 g/mol. The third kappa shape index (κ3) is 14.9. The molecule has 0 aromatic heterocycles. The highest BCUT2D eigenvalue weighted by molar-refractivity contribution is 5.66. The summed E-state index contributed by atoms with van der Waals surface area (Å²) in [6, 6.07) is 0. The SMILES string of the molecule is CCCCCCCCO[C@@H]1[C@@H](O)[C@H](O[C@H]2[C@H](O)[C@@H](OC(C)=O)[C@H](O)O[C@@H]2COC(C)=O)O[C@H](COC(C)=O)[C@@H]1OCCCCCCCC. The van der Waals surface area contributed by atoms with Crippen LogP contribution in [0.4, 0.5) is 0 Å². The van der Waals surface area contributed by atoms with E-state index in [4.69, 9.17) is 37.9 Å². The molecule has 0 aromatic carbocycles. The van der Waals surface area contributed by atoms with E-state index in [0.717, 1.165) is 77.6 Å². The predicted molar refractivity (Wildman–Crippen MR) is 171 cm³/mol. The van der Waals surface area contributed by atoms with Crippen molar-refractivity contribution in [1.82, 2.24) is 0 Å². The van der Waals surface area contributed by atoms with Crippen molar-refractivity contribution in [1.29, 1.82) is 0 Å². The zero-order valence-corrected chi connectivity index (χ0v) is 29.4. The number of hydrogen-bond acceptors (Lipinski definition) is 14. The fraction of sp³-hybridized carbons (Fsp3) is 0.912. The standard InChI is InChI=1S/C34H60O14/c1-6-8-10-12-14-16-18-41-30-26(21-44-23(4)36)47-34(28(39)31(30)42-19-17-15-13-11-9-7-2)48-29-25(20-43-22(3)35)46-33(40)32(27(29)38)45-24(5)37/h25-34,38-40H,6-21H2,1-5H3/t25-,26-,27+,28-,29-,30+,31-,32-,33-,34+/m1/s1. The molecule has 0 saturated carbocycles. The zero-order chi connectivity index (χ0) is 35.5. The average Bonchev–Trinajstić information content (AvgIpc) is 3.03. The number of aliphatic hydroxyl groups excluding tert-OH is 3. The number of hydrogen-bond donors (Lipinski definition) is 3. The number of rotatable bonds is 23. The summed E-state index contributed by atoms with van der Waals surface area (Å²) >= 11 is 0. The lowest BCUT2D eigenvalue weighted by atomic mass is 9.96. The summed E-state index contributed by atoms with van der Waals surface area (Å²) in [6.45, 7) is 7.89. The first-order valence-corrected chi connectivity index (χ1v) is 17.7. The lowest BCUT2D eigenvalue weighted by Gasteiger charge is -2.47. The molecule has 14 heteroatoms. The minimum absolute atomic E-state index is 0.227. The molecule has 2 aliphatic heterocycles. The van der Waals surface area contributed by atoms with Crippen molar-refractivity contribution in [3.63, 3.8) is 0 Å². The molecule has 2 heterocycles.